The number of carbonyl (C=O) groups is 1. The van der Waals surface area contributed by atoms with Gasteiger partial charge in [0, 0.05) is 6.04 Å². The fraction of sp³-hybridized carbons (Fsp3) is 0.588. The maximum atomic E-state index is 12.6. The first-order valence-corrected chi connectivity index (χ1v) is 11.8. The van der Waals surface area contributed by atoms with Crippen LogP contribution in [0.25, 0.3) is 0 Å². The Labute approximate surface area is 134 Å². The van der Waals surface area contributed by atoms with Gasteiger partial charge in [-0.3, -0.25) is 4.79 Å². The summed E-state index contributed by atoms with van der Waals surface area (Å²) in [5.41, 5.74) is 1.33. The highest BCUT2D eigenvalue weighted by Crippen LogP contribution is 2.45. The molecular formula is C17H27NOSSi. The summed E-state index contributed by atoms with van der Waals surface area (Å²) >= 11 is 1.71. The van der Waals surface area contributed by atoms with E-state index in [1.54, 1.807) is 11.8 Å². The molecule has 1 heterocycles. The van der Waals surface area contributed by atoms with Crippen molar-refractivity contribution >= 4 is 25.9 Å². The van der Waals surface area contributed by atoms with Crippen LogP contribution >= 0.6 is 11.8 Å². The standard InChI is InChI=1S/C17H27NOSSi/c1-17(2,3)21(5,6)18-14(15(20-4)16(18)19)12-13-10-8-7-9-11-13/h7-11,14-15H,12H2,1-6H3/t14-,15-/m1/s1. The van der Waals surface area contributed by atoms with Crippen LogP contribution in [0.5, 0.6) is 0 Å². The summed E-state index contributed by atoms with van der Waals surface area (Å²) < 4.78 is 2.27. The van der Waals surface area contributed by atoms with Crippen LogP contribution in [0.3, 0.4) is 0 Å². The zero-order valence-corrected chi connectivity index (χ0v) is 15.8. The van der Waals surface area contributed by atoms with Gasteiger partial charge in [0.05, 0.1) is 0 Å². The molecule has 0 radical (unpaired) electrons. The third-order valence-electron chi connectivity index (χ3n) is 5.14. The van der Waals surface area contributed by atoms with Gasteiger partial charge in [0.25, 0.3) is 0 Å². The summed E-state index contributed by atoms with van der Waals surface area (Å²) in [6, 6.07) is 10.9. The zero-order valence-electron chi connectivity index (χ0n) is 14.0. The number of amides is 1. The fourth-order valence-corrected chi connectivity index (χ4v) is 6.41. The van der Waals surface area contributed by atoms with Crippen LogP contribution in [0.1, 0.15) is 26.3 Å². The van der Waals surface area contributed by atoms with E-state index in [1.807, 2.05) is 6.07 Å². The quantitative estimate of drug-likeness (QED) is 0.612. The first kappa shape index (κ1) is 16.6. The lowest BCUT2D eigenvalue weighted by Crippen LogP contribution is -2.74. The average molecular weight is 322 g/mol. The van der Waals surface area contributed by atoms with Crippen molar-refractivity contribution in [2.24, 2.45) is 0 Å². The molecule has 1 amide bonds. The highest BCUT2D eigenvalue weighted by atomic mass is 32.2. The van der Waals surface area contributed by atoms with Crippen LogP contribution in [-0.2, 0) is 11.2 Å². The highest BCUT2D eigenvalue weighted by Gasteiger charge is 2.56. The fourth-order valence-electron chi connectivity index (χ4n) is 2.88. The maximum Gasteiger partial charge on any atom is 0.230 e. The molecule has 1 aliphatic rings. The number of hydrogen-bond acceptors (Lipinski definition) is 2. The molecule has 116 valence electrons. The van der Waals surface area contributed by atoms with E-state index in [4.69, 9.17) is 0 Å². The Bertz CT molecular complexity index is 509. The van der Waals surface area contributed by atoms with Crippen LogP contribution in [-0.4, -0.2) is 36.3 Å². The molecule has 1 fully saturated rings. The number of benzene rings is 1. The van der Waals surface area contributed by atoms with Gasteiger partial charge in [-0.1, -0.05) is 64.2 Å². The Hall–Kier alpha value is -0.743. The maximum absolute atomic E-state index is 12.6. The second-order valence-electron chi connectivity index (χ2n) is 7.43. The van der Waals surface area contributed by atoms with Crippen molar-refractivity contribution in [3.63, 3.8) is 0 Å². The summed E-state index contributed by atoms with van der Waals surface area (Å²) in [5.74, 6) is 0.357. The first-order valence-electron chi connectivity index (χ1n) is 7.60. The van der Waals surface area contributed by atoms with Gasteiger partial charge in [0.1, 0.15) is 5.25 Å². The number of carbonyl (C=O) groups excluding carboxylic acids is 1. The largest absolute Gasteiger partial charge is 0.364 e. The van der Waals surface area contributed by atoms with Crippen molar-refractivity contribution in [2.75, 3.05) is 6.26 Å². The van der Waals surface area contributed by atoms with Gasteiger partial charge >= 0.3 is 0 Å². The van der Waals surface area contributed by atoms with Gasteiger partial charge in [-0.15, -0.1) is 11.8 Å². The Balaban J connectivity index is 2.26. The summed E-state index contributed by atoms with van der Waals surface area (Å²) in [7, 11) is -1.79. The van der Waals surface area contributed by atoms with E-state index in [2.05, 4.69) is 69.0 Å². The van der Waals surface area contributed by atoms with Gasteiger partial charge in [-0.2, -0.15) is 0 Å². The smallest absolute Gasteiger partial charge is 0.230 e. The van der Waals surface area contributed by atoms with Crippen molar-refractivity contribution in [3.05, 3.63) is 35.9 Å². The van der Waals surface area contributed by atoms with E-state index in [9.17, 15) is 4.79 Å². The van der Waals surface area contributed by atoms with E-state index in [1.165, 1.54) is 5.56 Å². The number of thioether (sulfide) groups is 1. The van der Waals surface area contributed by atoms with Gasteiger partial charge in [-0.25, -0.2) is 0 Å². The Morgan fingerprint density at radius 1 is 1.19 bits per heavy atom. The normalized spacial score (nSPS) is 23.1. The Morgan fingerprint density at radius 2 is 1.76 bits per heavy atom. The molecule has 1 aliphatic heterocycles. The van der Waals surface area contributed by atoms with Crippen molar-refractivity contribution < 1.29 is 4.79 Å². The molecule has 0 unspecified atom stereocenters. The van der Waals surface area contributed by atoms with E-state index in [0.29, 0.717) is 11.9 Å². The van der Waals surface area contributed by atoms with Crippen molar-refractivity contribution in [3.8, 4) is 0 Å². The molecule has 1 saturated heterocycles. The van der Waals surface area contributed by atoms with Crippen molar-refractivity contribution in [2.45, 2.75) is 56.6 Å². The lowest BCUT2D eigenvalue weighted by molar-refractivity contribution is -0.137. The third kappa shape index (κ3) is 2.93. The van der Waals surface area contributed by atoms with Gasteiger partial charge in [0.15, 0.2) is 8.24 Å². The minimum Gasteiger partial charge on any atom is -0.364 e. The molecule has 0 aliphatic carbocycles. The summed E-state index contributed by atoms with van der Waals surface area (Å²) in [6.07, 6.45) is 3.04. The second-order valence-corrected chi connectivity index (χ2v) is 13.5. The predicted octanol–water partition coefficient (Wildman–Crippen LogP) is 4.18. The Kier molecular flexibility index (Phi) is 4.59. The molecule has 0 N–H and O–H groups in total. The number of hydrogen-bond donors (Lipinski definition) is 0. The number of rotatable bonds is 4. The lowest BCUT2D eigenvalue weighted by Gasteiger charge is -2.58. The molecular weight excluding hydrogens is 294 g/mol. The van der Waals surface area contributed by atoms with Gasteiger partial charge in [0.2, 0.25) is 5.91 Å². The van der Waals surface area contributed by atoms with Gasteiger partial charge < -0.3 is 4.57 Å². The first-order chi connectivity index (χ1) is 9.70. The van der Waals surface area contributed by atoms with E-state index >= 15 is 0 Å². The molecule has 2 rings (SSSR count). The number of β-lactam (4-membered cyclic amide) rings is 1. The minimum absolute atomic E-state index is 0.138. The van der Waals surface area contributed by atoms with E-state index in [0.717, 1.165) is 6.42 Å². The van der Waals surface area contributed by atoms with Crippen LogP contribution in [0.4, 0.5) is 0 Å². The molecule has 2 nitrogen and oxygen atoms in total. The monoisotopic (exact) mass is 321 g/mol. The van der Waals surface area contributed by atoms with E-state index in [-0.39, 0.29) is 10.3 Å². The van der Waals surface area contributed by atoms with Crippen LogP contribution in [0, 0.1) is 0 Å². The minimum atomic E-state index is -1.79. The zero-order chi connectivity index (χ0) is 15.8. The molecule has 0 spiro atoms. The summed E-state index contributed by atoms with van der Waals surface area (Å²) in [6.45, 7) is 11.5. The Morgan fingerprint density at radius 3 is 2.24 bits per heavy atom. The van der Waals surface area contributed by atoms with E-state index < -0.39 is 8.24 Å². The molecule has 4 heteroatoms. The average Bonchev–Trinajstić information content (AvgIpc) is 2.38. The van der Waals surface area contributed by atoms with Gasteiger partial charge in [-0.05, 0) is 23.3 Å². The molecule has 0 saturated carbocycles. The molecule has 2 atom stereocenters. The molecule has 0 aromatic heterocycles. The second kappa shape index (κ2) is 5.80. The van der Waals surface area contributed by atoms with Crippen LogP contribution in [0.15, 0.2) is 30.3 Å². The summed E-state index contributed by atoms with van der Waals surface area (Å²) in [5, 5.41) is 0.334. The SMILES string of the molecule is CS[C@H]1C(=O)N([Si](C)(C)C(C)(C)C)[C@@H]1Cc1ccccc1. The number of nitrogens with zero attached hydrogens (tertiary/aromatic N) is 1. The van der Waals surface area contributed by atoms with Crippen molar-refractivity contribution in [1.29, 1.82) is 0 Å². The van der Waals surface area contributed by atoms with Crippen LogP contribution in [0.2, 0.25) is 18.1 Å². The molecule has 1 aromatic rings. The summed E-state index contributed by atoms with van der Waals surface area (Å²) in [4.78, 5) is 12.6. The topological polar surface area (TPSA) is 20.3 Å². The highest BCUT2D eigenvalue weighted by molar-refractivity contribution is 8.00. The van der Waals surface area contributed by atoms with Crippen LogP contribution < -0.4 is 0 Å². The lowest BCUT2D eigenvalue weighted by atomic mass is 9.97. The predicted molar refractivity (Wildman–Crippen MR) is 95.3 cm³/mol. The molecule has 21 heavy (non-hydrogen) atoms. The molecule has 0 bridgehead atoms. The van der Waals surface area contributed by atoms with Crippen molar-refractivity contribution in [1.82, 2.24) is 4.57 Å². The molecule has 1 aromatic carbocycles. The third-order valence-corrected chi connectivity index (χ3v) is 11.6.